The van der Waals surface area contributed by atoms with Crippen LogP contribution in [-0.4, -0.2) is 10.1 Å². The Morgan fingerprint density at radius 1 is 0.947 bits per heavy atom. The molecule has 0 aliphatic rings. The fraction of sp³-hybridized carbons (Fsp3) is 0. The highest BCUT2D eigenvalue weighted by Gasteiger charge is 2.10. The van der Waals surface area contributed by atoms with Crippen LogP contribution in [0.4, 0.5) is 8.78 Å². The molecule has 0 spiro atoms. The van der Waals surface area contributed by atoms with Gasteiger partial charge in [0.1, 0.15) is 17.3 Å². The van der Waals surface area contributed by atoms with E-state index in [1.54, 1.807) is 24.5 Å². The third-order valence-electron chi connectivity index (χ3n) is 2.61. The standard InChI is InChI=1S/C14H8F2N2O/c15-11-4-10(5-12(16)6-11)14-7-13(18-19-14)9-2-1-3-17-8-9/h1-8H. The lowest BCUT2D eigenvalue weighted by Gasteiger charge is -1.96. The van der Waals surface area contributed by atoms with Gasteiger partial charge in [0.2, 0.25) is 0 Å². The predicted molar refractivity (Wildman–Crippen MR) is 65.1 cm³/mol. The number of nitrogens with zero attached hydrogens (tertiary/aromatic N) is 2. The minimum atomic E-state index is -0.658. The summed E-state index contributed by atoms with van der Waals surface area (Å²) in [6.07, 6.45) is 3.28. The van der Waals surface area contributed by atoms with Crippen molar-refractivity contribution in [1.82, 2.24) is 10.1 Å². The van der Waals surface area contributed by atoms with Gasteiger partial charge in [-0.1, -0.05) is 5.16 Å². The maximum atomic E-state index is 13.1. The molecule has 5 heteroatoms. The highest BCUT2D eigenvalue weighted by molar-refractivity contribution is 5.66. The zero-order valence-corrected chi connectivity index (χ0v) is 9.68. The lowest BCUT2D eigenvalue weighted by molar-refractivity contribution is 0.434. The molecule has 0 unspecified atom stereocenters. The monoisotopic (exact) mass is 258 g/mol. The number of benzene rings is 1. The molecule has 19 heavy (non-hydrogen) atoms. The summed E-state index contributed by atoms with van der Waals surface area (Å²) in [4.78, 5) is 3.97. The number of pyridine rings is 1. The molecule has 2 aromatic heterocycles. The SMILES string of the molecule is Fc1cc(F)cc(-c2cc(-c3cccnc3)no2)c1. The molecule has 0 fully saturated rings. The number of hydrogen-bond acceptors (Lipinski definition) is 3. The molecular formula is C14H8F2N2O. The Labute approximate surface area is 107 Å². The van der Waals surface area contributed by atoms with Gasteiger partial charge in [-0.25, -0.2) is 8.78 Å². The predicted octanol–water partition coefficient (Wildman–Crippen LogP) is 3.68. The zero-order chi connectivity index (χ0) is 13.2. The second kappa shape index (κ2) is 4.61. The molecule has 3 aromatic rings. The van der Waals surface area contributed by atoms with E-state index in [-0.39, 0.29) is 0 Å². The molecule has 0 aliphatic carbocycles. The fourth-order valence-electron chi connectivity index (χ4n) is 1.76. The van der Waals surface area contributed by atoms with Gasteiger partial charge in [-0.3, -0.25) is 4.98 Å². The third-order valence-corrected chi connectivity index (χ3v) is 2.61. The first-order valence-electron chi connectivity index (χ1n) is 5.56. The molecule has 0 aliphatic heterocycles. The van der Waals surface area contributed by atoms with E-state index in [1.165, 1.54) is 12.1 Å². The number of halogens is 2. The van der Waals surface area contributed by atoms with E-state index in [0.717, 1.165) is 11.6 Å². The highest BCUT2D eigenvalue weighted by atomic mass is 19.1. The molecule has 0 amide bonds. The topological polar surface area (TPSA) is 38.9 Å². The number of aromatic nitrogens is 2. The first-order valence-corrected chi connectivity index (χ1v) is 5.56. The van der Waals surface area contributed by atoms with Gasteiger partial charge >= 0.3 is 0 Å². The maximum absolute atomic E-state index is 13.1. The highest BCUT2D eigenvalue weighted by Crippen LogP contribution is 2.26. The van der Waals surface area contributed by atoms with E-state index >= 15 is 0 Å². The molecule has 0 saturated carbocycles. The van der Waals surface area contributed by atoms with Crippen LogP contribution in [0.3, 0.4) is 0 Å². The number of hydrogen-bond donors (Lipinski definition) is 0. The lowest BCUT2D eigenvalue weighted by Crippen LogP contribution is -1.82. The van der Waals surface area contributed by atoms with Crippen LogP contribution in [0.15, 0.2) is 53.3 Å². The van der Waals surface area contributed by atoms with Crippen molar-refractivity contribution in [3.8, 4) is 22.6 Å². The van der Waals surface area contributed by atoms with Crippen LogP contribution in [0.1, 0.15) is 0 Å². The molecule has 2 heterocycles. The number of rotatable bonds is 2. The van der Waals surface area contributed by atoms with E-state index in [2.05, 4.69) is 10.1 Å². The summed E-state index contributed by atoms with van der Waals surface area (Å²) >= 11 is 0. The second-order valence-corrected chi connectivity index (χ2v) is 3.98. The van der Waals surface area contributed by atoms with E-state index in [1.807, 2.05) is 6.07 Å². The zero-order valence-electron chi connectivity index (χ0n) is 9.68. The molecule has 3 nitrogen and oxygen atoms in total. The van der Waals surface area contributed by atoms with Crippen LogP contribution < -0.4 is 0 Å². The molecule has 0 saturated heterocycles. The normalized spacial score (nSPS) is 10.6. The van der Waals surface area contributed by atoms with Crippen molar-refractivity contribution in [3.05, 3.63) is 60.4 Å². The van der Waals surface area contributed by atoms with E-state index in [4.69, 9.17) is 4.52 Å². The lowest BCUT2D eigenvalue weighted by atomic mass is 10.1. The summed E-state index contributed by atoms with van der Waals surface area (Å²) in [5, 5.41) is 3.86. The Kier molecular flexibility index (Phi) is 2.79. The summed E-state index contributed by atoms with van der Waals surface area (Å²) in [5.41, 5.74) is 1.64. The minimum absolute atomic E-state index is 0.303. The summed E-state index contributed by atoms with van der Waals surface area (Å²) in [6.45, 7) is 0. The average molecular weight is 258 g/mol. The summed E-state index contributed by atoms with van der Waals surface area (Å²) in [6, 6.07) is 8.40. The molecule has 3 rings (SSSR count). The minimum Gasteiger partial charge on any atom is -0.356 e. The Morgan fingerprint density at radius 2 is 1.74 bits per heavy atom. The molecule has 0 radical (unpaired) electrons. The summed E-state index contributed by atoms with van der Waals surface area (Å²) in [5.74, 6) is -1.01. The summed E-state index contributed by atoms with van der Waals surface area (Å²) in [7, 11) is 0. The van der Waals surface area contributed by atoms with Crippen molar-refractivity contribution in [2.45, 2.75) is 0 Å². The van der Waals surface area contributed by atoms with Crippen molar-refractivity contribution < 1.29 is 13.3 Å². The largest absolute Gasteiger partial charge is 0.356 e. The molecule has 94 valence electrons. The fourth-order valence-corrected chi connectivity index (χ4v) is 1.76. The van der Waals surface area contributed by atoms with Crippen molar-refractivity contribution in [2.75, 3.05) is 0 Å². The Hall–Kier alpha value is -2.56. The second-order valence-electron chi connectivity index (χ2n) is 3.98. The summed E-state index contributed by atoms with van der Waals surface area (Å²) < 4.78 is 31.4. The molecule has 0 N–H and O–H groups in total. The van der Waals surface area contributed by atoms with Crippen LogP contribution in [0.2, 0.25) is 0 Å². The Bertz CT molecular complexity index is 690. The van der Waals surface area contributed by atoms with Gasteiger partial charge in [-0.05, 0) is 24.3 Å². The van der Waals surface area contributed by atoms with Crippen LogP contribution >= 0.6 is 0 Å². The van der Waals surface area contributed by atoms with Gasteiger partial charge in [-0.2, -0.15) is 0 Å². The van der Waals surface area contributed by atoms with Gasteiger partial charge in [-0.15, -0.1) is 0 Å². The van der Waals surface area contributed by atoms with Gasteiger partial charge in [0.25, 0.3) is 0 Å². The molecule has 1 aromatic carbocycles. The maximum Gasteiger partial charge on any atom is 0.167 e. The van der Waals surface area contributed by atoms with Crippen molar-refractivity contribution in [1.29, 1.82) is 0 Å². The van der Waals surface area contributed by atoms with Gasteiger partial charge in [0.05, 0.1) is 0 Å². The molecule has 0 atom stereocenters. The van der Waals surface area contributed by atoms with Gasteiger partial charge in [0, 0.05) is 35.7 Å². The smallest absolute Gasteiger partial charge is 0.167 e. The first-order chi connectivity index (χ1) is 9.22. The van der Waals surface area contributed by atoms with E-state index in [0.29, 0.717) is 17.0 Å². The quantitative estimate of drug-likeness (QED) is 0.703. The van der Waals surface area contributed by atoms with E-state index in [9.17, 15) is 8.78 Å². The van der Waals surface area contributed by atoms with E-state index < -0.39 is 11.6 Å². The van der Waals surface area contributed by atoms with Crippen molar-refractivity contribution in [2.24, 2.45) is 0 Å². The molecule has 0 bridgehead atoms. The van der Waals surface area contributed by atoms with Crippen LogP contribution in [0, 0.1) is 11.6 Å². The molecular weight excluding hydrogens is 250 g/mol. The van der Waals surface area contributed by atoms with Crippen molar-refractivity contribution >= 4 is 0 Å². The van der Waals surface area contributed by atoms with Crippen molar-refractivity contribution in [3.63, 3.8) is 0 Å². The van der Waals surface area contributed by atoms with Gasteiger partial charge in [0.15, 0.2) is 5.76 Å². The van der Waals surface area contributed by atoms with Crippen LogP contribution in [0.25, 0.3) is 22.6 Å². The Morgan fingerprint density at radius 3 is 2.42 bits per heavy atom. The first kappa shape index (κ1) is 11.5. The Balaban J connectivity index is 2.02. The third kappa shape index (κ3) is 2.35. The average Bonchev–Trinajstić information content (AvgIpc) is 2.88. The van der Waals surface area contributed by atoms with Gasteiger partial charge < -0.3 is 4.52 Å². The van der Waals surface area contributed by atoms with Crippen LogP contribution in [-0.2, 0) is 0 Å². The van der Waals surface area contributed by atoms with Crippen LogP contribution in [0.5, 0.6) is 0 Å².